The topological polar surface area (TPSA) is 114 Å². The van der Waals surface area contributed by atoms with Crippen molar-refractivity contribution < 1.29 is 37.3 Å². The molecule has 0 aliphatic carbocycles. The molecule has 0 aromatic rings. The highest BCUT2D eigenvalue weighted by Gasteiger charge is 2.27. The number of hydrogen-bond acceptors (Lipinski definition) is 7. The molecule has 468 valence electrons. The summed E-state index contributed by atoms with van der Waals surface area (Å²) in [5.41, 5.74) is 0. The minimum absolute atomic E-state index is 0.0294. The molecule has 0 saturated carbocycles. The molecule has 9 nitrogen and oxygen atoms in total. The number of phosphoric acid groups is 1. The van der Waals surface area contributed by atoms with Gasteiger partial charge in [0, 0.05) is 12.8 Å². The molecule has 3 unspecified atom stereocenters. The molecular formula is C71H127N2O7P. The van der Waals surface area contributed by atoms with Crippen LogP contribution in [-0.4, -0.2) is 69.4 Å². The third-order valence-electron chi connectivity index (χ3n) is 14.5. The molecule has 0 saturated heterocycles. The number of esters is 1. The Kier molecular flexibility index (Phi) is 57.8. The van der Waals surface area contributed by atoms with E-state index in [9.17, 15) is 19.0 Å². The molecule has 0 aromatic carbocycles. The smallest absolute Gasteiger partial charge is 0.306 e. The number of ether oxygens (including phenoxy) is 1. The monoisotopic (exact) mass is 1150 g/mol. The van der Waals surface area contributed by atoms with E-state index >= 15 is 0 Å². The molecule has 1 N–H and O–H groups in total. The minimum atomic E-state index is -4.71. The number of unbranched alkanes of at least 4 members (excludes halogenated alkanes) is 30. The first-order valence-electron chi connectivity index (χ1n) is 33.5. The highest BCUT2D eigenvalue weighted by Crippen LogP contribution is 2.38. The summed E-state index contributed by atoms with van der Waals surface area (Å²) in [4.78, 5) is 40.1. The molecule has 0 bridgehead atoms. The van der Waals surface area contributed by atoms with Crippen LogP contribution < -0.4 is 10.2 Å². The Morgan fingerprint density at radius 2 is 0.790 bits per heavy atom. The molecule has 0 aromatic heterocycles. The SMILES string of the molecule is CC/C=C\C/C=C\C/C=C\C/C=C\C/C=C\C/C=C\CCCCCCCCC(=O)OC(/C=C\CCCCCCCCCCCCC)C(COP(=O)([O-])OCC[N+](C)(C)C)NC(=O)CCCCCCCCC/C=C/CCCCCCCC. The number of hydrogen-bond donors (Lipinski definition) is 1. The van der Waals surface area contributed by atoms with Crippen LogP contribution in [0.5, 0.6) is 0 Å². The summed E-state index contributed by atoms with van der Waals surface area (Å²) in [6, 6.07) is -0.902. The van der Waals surface area contributed by atoms with E-state index in [4.69, 9.17) is 13.8 Å². The van der Waals surface area contributed by atoms with E-state index in [1.165, 1.54) is 122 Å². The van der Waals surface area contributed by atoms with Gasteiger partial charge in [0.25, 0.3) is 7.82 Å². The first-order valence-corrected chi connectivity index (χ1v) is 35.0. The van der Waals surface area contributed by atoms with Gasteiger partial charge in [-0.1, -0.05) is 266 Å². The van der Waals surface area contributed by atoms with Crippen LogP contribution in [0, 0.1) is 0 Å². The van der Waals surface area contributed by atoms with Crippen LogP contribution in [0.4, 0.5) is 0 Å². The maximum atomic E-state index is 13.6. The van der Waals surface area contributed by atoms with Gasteiger partial charge in [-0.15, -0.1) is 0 Å². The molecule has 0 rings (SSSR count). The van der Waals surface area contributed by atoms with Crippen molar-refractivity contribution in [1.82, 2.24) is 5.32 Å². The van der Waals surface area contributed by atoms with E-state index in [0.29, 0.717) is 23.9 Å². The van der Waals surface area contributed by atoms with Crippen LogP contribution in [0.1, 0.15) is 290 Å². The Hall–Kier alpha value is -3.07. The third kappa shape index (κ3) is 61.3. The van der Waals surface area contributed by atoms with Gasteiger partial charge in [0.15, 0.2) is 0 Å². The van der Waals surface area contributed by atoms with Crippen molar-refractivity contribution in [1.29, 1.82) is 0 Å². The zero-order chi connectivity index (χ0) is 59.3. The summed E-state index contributed by atoms with van der Waals surface area (Å²) in [6.07, 6.45) is 80.8. The van der Waals surface area contributed by atoms with Gasteiger partial charge in [-0.25, -0.2) is 0 Å². The normalized spacial score (nSPS) is 14.2. The van der Waals surface area contributed by atoms with Crippen molar-refractivity contribution >= 4 is 19.7 Å². The van der Waals surface area contributed by atoms with Crippen LogP contribution in [0.3, 0.4) is 0 Å². The number of phosphoric ester groups is 1. The summed E-state index contributed by atoms with van der Waals surface area (Å²) in [5.74, 6) is -0.561. The molecule has 81 heavy (non-hydrogen) atoms. The summed E-state index contributed by atoms with van der Waals surface area (Å²) in [5, 5.41) is 3.03. The summed E-state index contributed by atoms with van der Waals surface area (Å²) in [6.45, 7) is 6.73. The van der Waals surface area contributed by atoms with Crippen LogP contribution in [0.25, 0.3) is 0 Å². The van der Waals surface area contributed by atoms with Gasteiger partial charge in [0.1, 0.15) is 19.3 Å². The zero-order valence-electron chi connectivity index (χ0n) is 53.5. The first-order chi connectivity index (χ1) is 39.4. The van der Waals surface area contributed by atoms with Gasteiger partial charge in [-0.05, 0) is 109 Å². The number of carbonyl (C=O) groups is 2. The van der Waals surface area contributed by atoms with Crippen molar-refractivity contribution in [3.8, 4) is 0 Å². The molecule has 0 heterocycles. The van der Waals surface area contributed by atoms with Gasteiger partial charge in [0.2, 0.25) is 5.91 Å². The molecule has 0 fully saturated rings. The molecule has 0 radical (unpaired) electrons. The lowest BCUT2D eigenvalue weighted by Gasteiger charge is -2.30. The maximum Gasteiger partial charge on any atom is 0.306 e. The Bertz CT molecular complexity index is 1710. The quantitative estimate of drug-likeness (QED) is 0.0212. The van der Waals surface area contributed by atoms with Crippen LogP contribution in [0.2, 0.25) is 0 Å². The lowest BCUT2D eigenvalue weighted by Crippen LogP contribution is -2.47. The Morgan fingerprint density at radius 1 is 0.444 bits per heavy atom. The third-order valence-corrected chi connectivity index (χ3v) is 15.5. The second kappa shape index (κ2) is 60.1. The molecule has 0 aliphatic rings. The fourth-order valence-electron chi connectivity index (χ4n) is 9.34. The predicted molar refractivity (Wildman–Crippen MR) is 348 cm³/mol. The molecule has 10 heteroatoms. The standard InChI is InChI=1S/C71H127N2O7P/c1-7-10-13-16-19-22-25-28-30-32-33-34-35-36-37-38-39-41-43-46-49-52-55-58-61-64-71(75)80-69(62-59-56-53-50-47-44-27-24-21-18-15-12-9-3)68(67-79-81(76,77)78-66-65-73(4,5)6)72-70(74)63-60-57-54-51-48-45-42-40-31-29-26-23-20-17-14-11-8-2/h10,13,19,22,28-31,33-34,36-37,39,41,59,62,68-69H,7-9,11-12,14-18,20-21,23-27,32,35,38,40,42-58,60-61,63-67H2,1-6H3,(H-,72,74,76,77)/b13-10-,22-19-,30-28-,31-29+,34-33-,37-36-,41-39-,62-59-. The molecule has 1 amide bonds. The lowest BCUT2D eigenvalue weighted by atomic mass is 10.0. The number of nitrogens with zero attached hydrogens (tertiary/aromatic N) is 1. The average molecular weight is 1150 g/mol. The maximum absolute atomic E-state index is 13.6. The molecule has 0 aliphatic heterocycles. The van der Waals surface area contributed by atoms with Gasteiger partial charge in [0.05, 0.1) is 33.8 Å². The highest BCUT2D eigenvalue weighted by molar-refractivity contribution is 7.45. The van der Waals surface area contributed by atoms with Gasteiger partial charge < -0.3 is 28.5 Å². The number of rotatable bonds is 60. The van der Waals surface area contributed by atoms with Crippen LogP contribution in [-0.2, 0) is 27.9 Å². The van der Waals surface area contributed by atoms with Crippen molar-refractivity contribution in [3.63, 3.8) is 0 Å². The van der Waals surface area contributed by atoms with Gasteiger partial charge in [-0.2, -0.15) is 0 Å². The number of likely N-dealkylation sites (N-methyl/N-ethyl adjacent to an activating group) is 1. The van der Waals surface area contributed by atoms with Crippen molar-refractivity contribution in [3.05, 3.63) is 97.2 Å². The molecule has 3 atom stereocenters. The second-order valence-corrected chi connectivity index (χ2v) is 25.0. The fourth-order valence-corrected chi connectivity index (χ4v) is 10.1. The predicted octanol–water partition coefficient (Wildman–Crippen LogP) is 20.5. The largest absolute Gasteiger partial charge is 0.756 e. The number of nitrogens with one attached hydrogen (secondary N) is 1. The molecular weight excluding hydrogens is 1020 g/mol. The fraction of sp³-hybridized carbons (Fsp3) is 0.746. The number of amides is 1. The van der Waals surface area contributed by atoms with Gasteiger partial charge in [-0.3, -0.25) is 14.2 Å². The minimum Gasteiger partial charge on any atom is -0.756 e. The van der Waals surface area contributed by atoms with E-state index < -0.39 is 26.6 Å². The Balaban J connectivity index is 5.22. The Morgan fingerprint density at radius 3 is 1.20 bits per heavy atom. The number of carbonyl (C=O) groups excluding carboxylic acids is 2. The average Bonchev–Trinajstić information content (AvgIpc) is 3.44. The number of quaternary nitrogens is 1. The second-order valence-electron chi connectivity index (χ2n) is 23.6. The van der Waals surface area contributed by atoms with Crippen LogP contribution in [0.15, 0.2) is 97.2 Å². The van der Waals surface area contributed by atoms with E-state index in [-0.39, 0.29) is 24.9 Å². The summed E-state index contributed by atoms with van der Waals surface area (Å²) in [7, 11) is 1.17. The zero-order valence-corrected chi connectivity index (χ0v) is 54.4. The Labute approximate surface area is 500 Å². The number of allylic oxidation sites excluding steroid dienone is 15. The van der Waals surface area contributed by atoms with Crippen LogP contribution >= 0.6 is 7.82 Å². The van der Waals surface area contributed by atoms with E-state index in [1.54, 1.807) is 0 Å². The van der Waals surface area contributed by atoms with E-state index in [2.05, 4.69) is 111 Å². The summed E-state index contributed by atoms with van der Waals surface area (Å²) >= 11 is 0. The van der Waals surface area contributed by atoms with Crippen molar-refractivity contribution in [2.75, 3.05) is 40.9 Å². The molecule has 0 spiro atoms. The first kappa shape index (κ1) is 77.9. The van der Waals surface area contributed by atoms with Crippen molar-refractivity contribution in [2.24, 2.45) is 0 Å². The van der Waals surface area contributed by atoms with Crippen molar-refractivity contribution in [2.45, 2.75) is 303 Å². The highest BCUT2D eigenvalue weighted by atomic mass is 31.2. The van der Waals surface area contributed by atoms with E-state index in [0.717, 1.165) is 128 Å². The van der Waals surface area contributed by atoms with Gasteiger partial charge >= 0.3 is 5.97 Å². The van der Waals surface area contributed by atoms with E-state index in [1.807, 2.05) is 33.3 Å². The lowest BCUT2D eigenvalue weighted by molar-refractivity contribution is -0.870. The summed E-state index contributed by atoms with van der Waals surface area (Å²) < 4.78 is 30.4.